The Labute approximate surface area is 94.0 Å². The van der Waals surface area contributed by atoms with Gasteiger partial charge < -0.3 is 0 Å². The summed E-state index contributed by atoms with van der Waals surface area (Å²) in [6.45, 7) is -0.258. The standard InChI is InChI=1S/C10H7BrFNO2/c11-8(12)5-13-9(14)6-3-1-2-4-7(6)10(13)15/h1-4,8H,5H2. The maximum Gasteiger partial charge on any atom is 0.261 e. The zero-order valence-corrected chi connectivity index (χ0v) is 9.20. The van der Waals surface area contributed by atoms with Crippen molar-refractivity contribution in [1.82, 2.24) is 4.90 Å². The van der Waals surface area contributed by atoms with Gasteiger partial charge in [-0.15, -0.1) is 0 Å². The number of imide groups is 1. The van der Waals surface area contributed by atoms with Crippen molar-refractivity contribution < 1.29 is 14.0 Å². The summed E-state index contributed by atoms with van der Waals surface area (Å²) in [5, 5.41) is -1.39. The van der Waals surface area contributed by atoms with Gasteiger partial charge in [0.25, 0.3) is 11.8 Å². The Hall–Kier alpha value is -1.23. The summed E-state index contributed by atoms with van der Waals surface area (Å²) >= 11 is 2.67. The van der Waals surface area contributed by atoms with Gasteiger partial charge in [0.1, 0.15) is 0 Å². The number of hydrogen-bond donors (Lipinski definition) is 0. The van der Waals surface area contributed by atoms with E-state index in [9.17, 15) is 14.0 Å². The van der Waals surface area contributed by atoms with Crippen LogP contribution in [-0.2, 0) is 0 Å². The molecule has 0 saturated heterocycles. The number of hydrogen-bond acceptors (Lipinski definition) is 2. The molecule has 1 aromatic rings. The summed E-state index contributed by atoms with van der Waals surface area (Å²) in [6.07, 6.45) is 0. The molecule has 2 amide bonds. The molecule has 2 rings (SSSR count). The summed E-state index contributed by atoms with van der Waals surface area (Å²) in [5.74, 6) is -0.865. The Bertz CT molecular complexity index is 398. The highest BCUT2D eigenvalue weighted by Crippen LogP contribution is 2.23. The topological polar surface area (TPSA) is 37.4 Å². The fourth-order valence-electron chi connectivity index (χ4n) is 1.54. The summed E-state index contributed by atoms with van der Waals surface area (Å²) < 4.78 is 12.7. The number of alkyl halides is 2. The van der Waals surface area contributed by atoms with Crippen molar-refractivity contribution in [3.8, 4) is 0 Å². The van der Waals surface area contributed by atoms with Gasteiger partial charge in [-0.25, -0.2) is 4.39 Å². The van der Waals surface area contributed by atoms with E-state index >= 15 is 0 Å². The van der Waals surface area contributed by atoms with Crippen LogP contribution in [0.3, 0.4) is 0 Å². The zero-order chi connectivity index (χ0) is 11.0. The number of fused-ring (bicyclic) bond motifs is 1. The molecule has 78 valence electrons. The van der Waals surface area contributed by atoms with E-state index < -0.39 is 16.9 Å². The number of benzene rings is 1. The lowest BCUT2D eigenvalue weighted by Crippen LogP contribution is -2.33. The Morgan fingerprint density at radius 2 is 1.67 bits per heavy atom. The molecule has 1 aliphatic rings. The molecule has 1 atom stereocenters. The zero-order valence-electron chi connectivity index (χ0n) is 7.61. The number of carbonyl (C=O) groups is 2. The first-order chi connectivity index (χ1) is 7.11. The van der Waals surface area contributed by atoms with E-state index in [1.165, 1.54) is 0 Å². The summed E-state index contributed by atoms with van der Waals surface area (Å²) in [5.41, 5.74) is 0.686. The second-order valence-corrected chi connectivity index (χ2v) is 4.15. The Morgan fingerprint density at radius 1 is 1.20 bits per heavy atom. The van der Waals surface area contributed by atoms with Crippen LogP contribution < -0.4 is 0 Å². The fourth-order valence-corrected chi connectivity index (χ4v) is 1.83. The van der Waals surface area contributed by atoms with Gasteiger partial charge in [0, 0.05) is 0 Å². The molecule has 0 N–H and O–H groups in total. The van der Waals surface area contributed by atoms with Crippen LogP contribution in [0, 0.1) is 0 Å². The molecule has 0 bridgehead atoms. The third-order valence-corrected chi connectivity index (χ3v) is 2.49. The van der Waals surface area contributed by atoms with Gasteiger partial charge in [-0.2, -0.15) is 0 Å². The van der Waals surface area contributed by atoms with Crippen LogP contribution in [0.4, 0.5) is 4.39 Å². The number of carbonyl (C=O) groups excluding carboxylic acids is 2. The molecular formula is C10H7BrFNO2. The molecular weight excluding hydrogens is 265 g/mol. The number of amides is 2. The van der Waals surface area contributed by atoms with Crippen LogP contribution in [0.1, 0.15) is 20.7 Å². The molecule has 5 heteroatoms. The lowest BCUT2D eigenvalue weighted by atomic mass is 10.1. The molecule has 0 aromatic heterocycles. The van der Waals surface area contributed by atoms with Gasteiger partial charge in [0.05, 0.1) is 17.7 Å². The van der Waals surface area contributed by atoms with Crippen LogP contribution in [0.2, 0.25) is 0 Å². The lowest BCUT2D eigenvalue weighted by molar-refractivity contribution is 0.0638. The molecule has 3 nitrogen and oxygen atoms in total. The third kappa shape index (κ3) is 1.67. The minimum absolute atomic E-state index is 0.258. The lowest BCUT2D eigenvalue weighted by Gasteiger charge is -2.12. The van der Waals surface area contributed by atoms with E-state index in [0.717, 1.165) is 4.90 Å². The Morgan fingerprint density at radius 3 is 2.07 bits per heavy atom. The average Bonchev–Trinajstić information content (AvgIpc) is 2.44. The highest BCUT2D eigenvalue weighted by molar-refractivity contribution is 9.09. The fraction of sp³-hybridized carbons (Fsp3) is 0.200. The number of rotatable bonds is 2. The molecule has 0 spiro atoms. The summed E-state index contributed by atoms with van der Waals surface area (Å²) in [6, 6.07) is 6.48. The van der Waals surface area contributed by atoms with Crippen molar-refractivity contribution >= 4 is 27.7 Å². The minimum atomic E-state index is -1.39. The van der Waals surface area contributed by atoms with Gasteiger partial charge >= 0.3 is 0 Å². The molecule has 0 fully saturated rings. The smallest absolute Gasteiger partial charge is 0.261 e. The highest BCUT2D eigenvalue weighted by Gasteiger charge is 2.35. The molecule has 15 heavy (non-hydrogen) atoms. The first kappa shape index (κ1) is 10.3. The molecule has 1 unspecified atom stereocenters. The van der Waals surface area contributed by atoms with Crippen LogP contribution in [0.25, 0.3) is 0 Å². The third-order valence-electron chi connectivity index (χ3n) is 2.20. The Balaban J connectivity index is 2.37. The minimum Gasteiger partial charge on any atom is -0.270 e. The van der Waals surface area contributed by atoms with E-state index in [2.05, 4.69) is 15.9 Å². The highest BCUT2D eigenvalue weighted by atomic mass is 79.9. The predicted octanol–water partition coefficient (Wildman–Crippen LogP) is 1.97. The van der Waals surface area contributed by atoms with Crippen molar-refractivity contribution in [2.45, 2.75) is 5.08 Å². The molecule has 0 radical (unpaired) electrons. The molecule has 1 heterocycles. The van der Waals surface area contributed by atoms with E-state index in [0.29, 0.717) is 11.1 Å². The monoisotopic (exact) mass is 271 g/mol. The predicted molar refractivity (Wildman–Crippen MR) is 55.6 cm³/mol. The van der Waals surface area contributed by atoms with Crippen LogP contribution in [0.15, 0.2) is 24.3 Å². The first-order valence-electron chi connectivity index (χ1n) is 4.34. The van der Waals surface area contributed by atoms with Gasteiger partial charge in [-0.05, 0) is 28.1 Å². The van der Waals surface area contributed by atoms with Crippen molar-refractivity contribution in [3.63, 3.8) is 0 Å². The van der Waals surface area contributed by atoms with Crippen LogP contribution in [-0.4, -0.2) is 28.3 Å². The largest absolute Gasteiger partial charge is 0.270 e. The van der Waals surface area contributed by atoms with Crippen LogP contribution >= 0.6 is 15.9 Å². The van der Waals surface area contributed by atoms with Crippen molar-refractivity contribution in [2.24, 2.45) is 0 Å². The van der Waals surface area contributed by atoms with E-state index in [-0.39, 0.29) is 6.54 Å². The summed E-state index contributed by atoms with van der Waals surface area (Å²) in [4.78, 5) is 24.2. The van der Waals surface area contributed by atoms with Crippen molar-refractivity contribution in [3.05, 3.63) is 35.4 Å². The Kier molecular flexibility index (Phi) is 2.56. The van der Waals surface area contributed by atoms with Gasteiger partial charge in [-0.3, -0.25) is 14.5 Å². The summed E-state index contributed by atoms with van der Waals surface area (Å²) in [7, 11) is 0. The number of halogens is 2. The van der Waals surface area contributed by atoms with Crippen molar-refractivity contribution in [1.29, 1.82) is 0 Å². The maximum absolute atomic E-state index is 12.7. The van der Waals surface area contributed by atoms with E-state index in [1.807, 2.05) is 0 Å². The van der Waals surface area contributed by atoms with E-state index in [4.69, 9.17) is 0 Å². The second kappa shape index (κ2) is 3.73. The van der Waals surface area contributed by atoms with Gasteiger partial charge in [0.2, 0.25) is 0 Å². The normalized spacial score (nSPS) is 16.8. The second-order valence-electron chi connectivity index (χ2n) is 3.16. The average molecular weight is 272 g/mol. The van der Waals surface area contributed by atoms with Gasteiger partial charge in [-0.1, -0.05) is 12.1 Å². The molecule has 0 aliphatic carbocycles. The molecule has 1 aliphatic heterocycles. The molecule has 0 saturated carbocycles. The first-order valence-corrected chi connectivity index (χ1v) is 5.26. The van der Waals surface area contributed by atoms with Gasteiger partial charge in [0.15, 0.2) is 5.08 Å². The SMILES string of the molecule is O=C1c2ccccc2C(=O)N1CC(F)Br. The maximum atomic E-state index is 12.7. The van der Waals surface area contributed by atoms with Crippen LogP contribution in [0.5, 0.6) is 0 Å². The number of nitrogens with zero attached hydrogens (tertiary/aromatic N) is 1. The van der Waals surface area contributed by atoms with Crippen molar-refractivity contribution in [2.75, 3.05) is 6.54 Å². The molecule has 1 aromatic carbocycles. The quantitative estimate of drug-likeness (QED) is 0.609. The van der Waals surface area contributed by atoms with E-state index in [1.54, 1.807) is 24.3 Å².